The van der Waals surface area contributed by atoms with E-state index in [1.807, 2.05) is 0 Å². The van der Waals surface area contributed by atoms with E-state index < -0.39 is 24.0 Å². The minimum absolute atomic E-state index is 0. The molecule has 9 heteroatoms. The number of nitrogens with one attached hydrogen (secondary N) is 1. The van der Waals surface area contributed by atoms with Gasteiger partial charge in [-0.2, -0.15) is 0 Å². The predicted octanol–water partition coefficient (Wildman–Crippen LogP) is 9.60. The molecule has 0 unspecified atom stereocenters. The Hall–Kier alpha value is -1.20. The molecule has 0 rings (SSSR count). The third kappa shape index (κ3) is 44.9. The number of hydrogen-bond donors (Lipinski definition) is 2. The van der Waals surface area contributed by atoms with Gasteiger partial charge < -0.3 is 25.4 Å². The number of carboxylic acid groups (broad SMARTS) is 2. The summed E-state index contributed by atoms with van der Waals surface area (Å²) in [4.78, 5) is 36.2. The fourth-order valence-electron chi connectivity index (χ4n) is 6.01. The van der Waals surface area contributed by atoms with Gasteiger partial charge in [-0.25, -0.2) is 0 Å². The second kappa shape index (κ2) is 43.2. The first-order chi connectivity index (χ1) is 24.1. The first kappa shape index (κ1) is 54.1. The molecule has 0 bridgehead atoms. The third-order valence-electron chi connectivity index (χ3n) is 9.43. The molecular weight excluding hydrogens is 836 g/mol. The van der Waals surface area contributed by atoms with Crippen LogP contribution in [0.25, 0.3) is 0 Å². The van der Waals surface area contributed by atoms with Gasteiger partial charge in [0.2, 0.25) is 5.91 Å². The summed E-state index contributed by atoms with van der Waals surface area (Å²) in [5, 5.41) is 33.1. The third-order valence-corrected chi connectivity index (χ3v) is 9.43. The largest absolute Gasteiger partial charge is 2.00 e. The molecule has 0 saturated heterocycles. The Morgan fingerprint density at radius 3 is 1.06 bits per heavy atom. The van der Waals surface area contributed by atoms with Crippen LogP contribution in [0.4, 0.5) is 0 Å². The van der Waals surface area contributed by atoms with Crippen molar-refractivity contribution in [2.24, 2.45) is 4.99 Å². The number of carbonyl (C=O) groups excluding carboxylic acids is 2. The number of aliphatic carboxylic acids is 2. The van der Waals surface area contributed by atoms with E-state index in [0.717, 1.165) is 32.1 Å². The van der Waals surface area contributed by atoms with E-state index in [9.17, 15) is 24.6 Å². The minimum Gasteiger partial charge on any atom is -0.862 e. The van der Waals surface area contributed by atoms with Crippen molar-refractivity contribution in [3.8, 4) is 0 Å². The topological polar surface area (TPSA) is 142 Å². The van der Waals surface area contributed by atoms with Gasteiger partial charge in [-0.15, -0.1) is 0 Å². The van der Waals surface area contributed by atoms with Crippen LogP contribution >= 0.6 is 0 Å². The predicted molar refractivity (Wildman–Crippen MR) is 212 cm³/mol. The van der Waals surface area contributed by atoms with E-state index in [1.165, 1.54) is 174 Å². The van der Waals surface area contributed by atoms with Crippen molar-refractivity contribution in [2.75, 3.05) is 0 Å². The van der Waals surface area contributed by atoms with Gasteiger partial charge >= 0.3 is 33.3 Å². The number of amides is 1. The molecule has 0 fully saturated rings. The zero-order valence-corrected chi connectivity index (χ0v) is 37.6. The second-order valence-corrected chi connectivity index (χ2v) is 14.5. The van der Waals surface area contributed by atoms with Crippen molar-refractivity contribution in [1.29, 1.82) is 0 Å². The first-order valence-corrected chi connectivity index (χ1v) is 21.1. The number of rotatable bonds is 36. The molecule has 8 nitrogen and oxygen atoms in total. The average Bonchev–Trinajstić information content (AvgIpc) is 3.08. The Morgan fingerprint density at radius 1 is 0.510 bits per heavy atom. The number of carboxylic acids is 2. The van der Waals surface area contributed by atoms with Crippen LogP contribution in [0.2, 0.25) is 0 Å². The molecular formula is C42H80N2O6Pb. The standard InChI is InChI=1S/2C21H41NO3.Pb/c2*1-3-4-5-6-7-8-9-10-11-12-13-14-15-16-17-18-20(23)22-19(2)21(24)25;/h2*19H,3-18H2,1-2H3,(H,22,23)(H,24,25);/q;;+2/p-2/t2*19-;/m00./s1. The molecule has 51 heavy (non-hydrogen) atoms. The van der Waals surface area contributed by atoms with E-state index >= 15 is 0 Å². The second-order valence-electron chi connectivity index (χ2n) is 14.5. The Morgan fingerprint density at radius 2 is 0.784 bits per heavy atom. The maximum absolute atomic E-state index is 11.5. The molecule has 0 aromatic heterocycles. The molecule has 2 N–H and O–H groups in total. The maximum atomic E-state index is 11.5. The summed E-state index contributed by atoms with van der Waals surface area (Å²) >= 11 is 0. The molecule has 0 saturated carbocycles. The van der Waals surface area contributed by atoms with Gasteiger partial charge in [0, 0.05) is 6.42 Å². The van der Waals surface area contributed by atoms with Crippen molar-refractivity contribution in [3.63, 3.8) is 0 Å². The van der Waals surface area contributed by atoms with Crippen LogP contribution in [0, 0.1) is 0 Å². The molecule has 2 radical (unpaired) electrons. The Kier molecular flexibility index (Phi) is 45.9. The van der Waals surface area contributed by atoms with Crippen molar-refractivity contribution in [3.05, 3.63) is 0 Å². The Balaban J connectivity index is -0.000000886. The van der Waals surface area contributed by atoms with Crippen molar-refractivity contribution >= 4 is 51.0 Å². The van der Waals surface area contributed by atoms with E-state index in [1.54, 1.807) is 0 Å². The molecule has 1 amide bonds. The molecule has 0 aliphatic carbocycles. The molecule has 0 spiro atoms. The number of hydrogen-bond acceptors (Lipinski definition) is 6. The average molecular weight is 916 g/mol. The van der Waals surface area contributed by atoms with Crippen LogP contribution in [0.3, 0.4) is 0 Å². The maximum Gasteiger partial charge on any atom is 2.00 e. The fourth-order valence-corrected chi connectivity index (χ4v) is 6.01. The SMILES string of the molecule is CCCCCCCCCCCCCCCCCC(=O)N[C@@H](C)C(=O)O.CCCCCCCCCCCCCCCCCC([O-])=N[C@@H](C)C(=O)[O-].[Pb+2]. The van der Waals surface area contributed by atoms with E-state index in [0.29, 0.717) is 12.8 Å². The van der Waals surface area contributed by atoms with Crippen LogP contribution in [0.5, 0.6) is 0 Å². The van der Waals surface area contributed by atoms with Crippen LogP contribution in [-0.4, -0.2) is 68.2 Å². The van der Waals surface area contributed by atoms with Gasteiger partial charge in [0.15, 0.2) is 0 Å². The Bertz CT molecular complexity index is 810. The van der Waals surface area contributed by atoms with Crippen LogP contribution in [-0.2, 0) is 14.4 Å². The number of carbonyl (C=O) groups is 3. The fraction of sp³-hybridized carbons (Fsp3) is 0.905. The molecule has 0 aliphatic rings. The van der Waals surface area contributed by atoms with Gasteiger partial charge in [-0.1, -0.05) is 194 Å². The van der Waals surface area contributed by atoms with Gasteiger partial charge in [0.1, 0.15) is 6.04 Å². The molecule has 0 heterocycles. The van der Waals surface area contributed by atoms with Gasteiger partial charge in [0.25, 0.3) is 0 Å². The normalized spacial score (nSPS) is 12.4. The van der Waals surface area contributed by atoms with Crippen molar-refractivity contribution in [1.82, 2.24) is 5.32 Å². The molecule has 0 aromatic rings. The molecule has 2 atom stereocenters. The van der Waals surface area contributed by atoms with E-state index in [2.05, 4.69) is 24.2 Å². The number of unbranched alkanes of at least 4 members (excludes halogenated alkanes) is 28. The van der Waals surface area contributed by atoms with Crippen LogP contribution in [0.1, 0.15) is 233 Å². The van der Waals surface area contributed by atoms with Crippen LogP contribution in [0.15, 0.2) is 4.99 Å². The van der Waals surface area contributed by atoms with E-state index in [4.69, 9.17) is 5.11 Å². The smallest absolute Gasteiger partial charge is 0.862 e. The summed E-state index contributed by atoms with van der Waals surface area (Å²) in [5.41, 5.74) is 0. The summed E-state index contributed by atoms with van der Waals surface area (Å²) in [5.74, 6) is -2.73. The van der Waals surface area contributed by atoms with Gasteiger partial charge in [-0.05, 0) is 39.0 Å². The summed E-state index contributed by atoms with van der Waals surface area (Å²) in [6, 6.07) is -1.81. The summed E-state index contributed by atoms with van der Waals surface area (Å²) in [7, 11) is 0. The molecule has 0 aromatic carbocycles. The Labute approximate surface area is 334 Å². The van der Waals surface area contributed by atoms with Gasteiger partial charge in [-0.3, -0.25) is 14.6 Å². The quantitative estimate of drug-likeness (QED) is 0.0278. The monoisotopic (exact) mass is 917 g/mol. The first-order valence-electron chi connectivity index (χ1n) is 21.1. The summed E-state index contributed by atoms with van der Waals surface area (Å²) in [6.07, 6.45) is 39.6. The van der Waals surface area contributed by atoms with Crippen molar-refractivity contribution in [2.45, 2.75) is 245 Å². The van der Waals surface area contributed by atoms with Gasteiger partial charge in [0.05, 0.1) is 12.0 Å². The number of aliphatic imine (C=N–C) groups is 1. The van der Waals surface area contributed by atoms with Crippen molar-refractivity contribution < 1.29 is 29.7 Å². The van der Waals surface area contributed by atoms with Crippen LogP contribution < -0.4 is 15.5 Å². The molecule has 0 aliphatic heterocycles. The van der Waals surface area contributed by atoms with E-state index in [-0.39, 0.29) is 39.1 Å². The summed E-state index contributed by atoms with van der Waals surface area (Å²) in [6.45, 7) is 7.39. The minimum atomic E-state index is -1.29. The molecule has 298 valence electrons. The zero-order chi connectivity index (χ0) is 37.5. The zero-order valence-electron chi connectivity index (χ0n) is 33.7. The summed E-state index contributed by atoms with van der Waals surface area (Å²) < 4.78 is 0. The number of nitrogens with zero attached hydrogens (tertiary/aromatic N) is 1.